The first-order valence-corrected chi connectivity index (χ1v) is 5.77. The van der Waals surface area contributed by atoms with E-state index in [1.165, 1.54) is 11.1 Å². The molecule has 1 fully saturated rings. The Kier molecular flexibility index (Phi) is 3.39. The van der Waals surface area contributed by atoms with Crippen LogP contribution in [0.15, 0.2) is 24.3 Å². The van der Waals surface area contributed by atoms with Crippen molar-refractivity contribution in [1.82, 2.24) is 5.32 Å². The highest BCUT2D eigenvalue weighted by Gasteiger charge is 2.26. The fourth-order valence-electron chi connectivity index (χ4n) is 1.91. The second-order valence-electron chi connectivity index (χ2n) is 4.37. The van der Waals surface area contributed by atoms with Crippen molar-refractivity contribution in [3.63, 3.8) is 0 Å². The van der Waals surface area contributed by atoms with E-state index < -0.39 is 0 Å². The normalized spacial score (nSPS) is 24.9. The lowest BCUT2D eigenvalue weighted by atomic mass is 9.89. The lowest BCUT2D eigenvalue weighted by Crippen LogP contribution is -2.43. The smallest absolute Gasteiger partial charge is 0.0570 e. The molecule has 2 nitrogen and oxygen atoms in total. The third-order valence-electron chi connectivity index (χ3n) is 3.14. The van der Waals surface area contributed by atoms with Gasteiger partial charge < -0.3 is 10.4 Å². The summed E-state index contributed by atoms with van der Waals surface area (Å²) in [5, 5.41) is 12.6. The Hall–Kier alpha value is -0.860. The summed E-state index contributed by atoms with van der Waals surface area (Å²) in [7, 11) is 0. The largest absolute Gasteiger partial charge is 0.393 e. The van der Waals surface area contributed by atoms with E-state index in [1.54, 1.807) is 0 Å². The van der Waals surface area contributed by atoms with Gasteiger partial charge in [0.05, 0.1) is 6.10 Å². The molecule has 0 bridgehead atoms. The molecule has 0 amide bonds. The van der Waals surface area contributed by atoms with Gasteiger partial charge in [-0.2, -0.15) is 0 Å². The highest BCUT2D eigenvalue weighted by Crippen LogP contribution is 2.19. The van der Waals surface area contributed by atoms with E-state index in [1.807, 2.05) is 0 Å². The van der Waals surface area contributed by atoms with Crippen LogP contribution in [-0.2, 0) is 13.0 Å². The topological polar surface area (TPSA) is 32.3 Å². The first kappa shape index (κ1) is 10.7. The molecular weight excluding hydrogens is 186 g/mol. The molecule has 0 unspecified atom stereocenters. The summed E-state index contributed by atoms with van der Waals surface area (Å²) in [4.78, 5) is 0. The molecule has 15 heavy (non-hydrogen) atoms. The Balaban J connectivity index is 1.78. The fraction of sp³-hybridized carbons (Fsp3) is 0.538. The van der Waals surface area contributed by atoms with Gasteiger partial charge in [0.25, 0.3) is 0 Å². The summed E-state index contributed by atoms with van der Waals surface area (Å²) in [5.74, 6) is 0. The second-order valence-corrected chi connectivity index (χ2v) is 4.37. The van der Waals surface area contributed by atoms with Gasteiger partial charge in [0.15, 0.2) is 0 Å². The standard InChI is InChI=1S/C13H19NO/c1-2-10-3-5-11(6-4-10)9-14-12-7-13(15)8-12/h3-6,12-15H,2,7-9H2,1H3. The zero-order valence-corrected chi connectivity index (χ0v) is 9.24. The maximum absolute atomic E-state index is 9.14. The number of aliphatic hydroxyl groups is 1. The van der Waals surface area contributed by atoms with E-state index >= 15 is 0 Å². The Morgan fingerprint density at radius 1 is 1.20 bits per heavy atom. The quantitative estimate of drug-likeness (QED) is 0.786. The molecule has 0 aliphatic heterocycles. The predicted molar refractivity (Wildman–Crippen MR) is 61.7 cm³/mol. The molecule has 1 aromatic rings. The van der Waals surface area contributed by atoms with Crippen molar-refractivity contribution in [2.24, 2.45) is 0 Å². The molecule has 0 atom stereocenters. The van der Waals surface area contributed by atoms with Crippen molar-refractivity contribution in [2.45, 2.75) is 44.9 Å². The third kappa shape index (κ3) is 2.80. The van der Waals surface area contributed by atoms with Crippen molar-refractivity contribution >= 4 is 0 Å². The molecule has 0 spiro atoms. The van der Waals surface area contributed by atoms with Crippen molar-refractivity contribution in [1.29, 1.82) is 0 Å². The Bertz CT molecular complexity index is 301. The van der Waals surface area contributed by atoms with Gasteiger partial charge in [-0.25, -0.2) is 0 Å². The van der Waals surface area contributed by atoms with Gasteiger partial charge in [-0.3, -0.25) is 0 Å². The Labute approximate surface area is 91.3 Å². The van der Waals surface area contributed by atoms with Crippen LogP contribution >= 0.6 is 0 Å². The first-order valence-electron chi connectivity index (χ1n) is 5.77. The van der Waals surface area contributed by atoms with Gasteiger partial charge in [0, 0.05) is 12.6 Å². The number of aliphatic hydroxyl groups excluding tert-OH is 1. The molecule has 1 aliphatic rings. The molecule has 2 rings (SSSR count). The monoisotopic (exact) mass is 205 g/mol. The van der Waals surface area contributed by atoms with E-state index in [0.717, 1.165) is 25.8 Å². The van der Waals surface area contributed by atoms with Gasteiger partial charge in [0.1, 0.15) is 0 Å². The molecule has 0 saturated heterocycles. The average Bonchev–Trinajstić information content (AvgIpc) is 2.23. The Morgan fingerprint density at radius 3 is 2.33 bits per heavy atom. The summed E-state index contributed by atoms with van der Waals surface area (Å²) in [6, 6.07) is 9.26. The zero-order valence-electron chi connectivity index (χ0n) is 9.24. The van der Waals surface area contributed by atoms with Gasteiger partial charge in [-0.05, 0) is 30.4 Å². The van der Waals surface area contributed by atoms with Crippen LogP contribution in [0.5, 0.6) is 0 Å². The lowest BCUT2D eigenvalue weighted by Gasteiger charge is -2.32. The van der Waals surface area contributed by atoms with Crippen LogP contribution in [-0.4, -0.2) is 17.3 Å². The number of hydrogen-bond acceptors (Lipinski definition) is 2. The molecule has 2 N–H and O–H groups in total. The van der Waals surface area contributed by atoms with Crippen LogP contribution in [0.1, 0.15) is 30.9 Å². The van der Waals surface area contributed by atoms with Crippen LogP contribution in [0, 0.1) is 0 Å². The molecular formula is C13H19NO. The predicted octanol–water partition coefficient (Wildman–Crippen LogP) is 1.86. The molecule has 1 saturated carbocycles. The fourth-order valence-corrected chi connectivity index (χ4v) is 1.91. The van der Waals surface area contributed by atoms with Gasteiger partial charge in [0.2, 0.25) is 0 Å². The number of nitrogens with one attached hydrogen (secondary N) is 1. The van der Waals surface area contributed by atoms with E-state index in [2.05, 4.69) is 36.5 Å². The summed E-state index contributed by atoms with van der Waals surface area (Å²) >= 11 is 0. The van der Waals surface area contributed by atoms with Gasteiger partial charge in [-0.15, -0.1) is 0 Å². The molecule has 0 aromatic heterocycles. The minimum atomic E-state index is -0.0648. The van der Waals surface area contributed by atoms with Crippen LogP contribution < -0.4 is 5.32 Å². The maximum Gasteiger partial charge on any atom is 0.0570 e. The average molecular weight is 205 g/mol. The van der Waals surface area contributed by atoms with Gasteiger partial charge >= 0.3 is 0 Å². The first-order chi connectivity index (χ1) is 7.28. The number of benzene rings is 1. The molecule has 2 heteroatoms. The van der Waals surface area contributed by atoms with E-state index in [4.69, 9.17) is 5.11 Å². The van der Waals surface area contributed by atoms with Crippen LogP contribution in [0.25, 0.3) is 0 Å². The van der Waals surface area contributed by atoms with Crippen molar-refractivity contribution in [2.75, 3.05) is 0 Å². The maximum atomic E-state index is 9.14. The van der Waals surface area contributed by atoms with E-state index in [9.17, 15) is 0 Å². The summed E-state index contributed by atoms with van der Waals surface area (Å²) < 4.78 is 0. The minimum absolute atomic E-state index is 0.0648. The lowest BCUT2D eigenvalue weighted by molar-refractivity contribution is 0.0619. The SMILES string of the molecule is CCc1ccc(CNC2CC(O)C2)cc1. The van der Waals surface area contributed by atoms with Crippen LogP contribution in [0.3, 0.4) is 0 Å². The zero-order chi connectivity index (χ0) is 10.7. The number of hydrogen-bond donors (Lipinski definition) is 2. The van der Waals surface area contributed by atoms with Crippen LogP contribution in [0.4, 0.5) is 0 Å². The minimum Gasteiger partial charge on any atom is -0.393 e. The molecule has 0 heterocycles. The molecule has 82 valence electrons. The van der Waals surface area contributed by atoms with Crippen molar-refractivity contribution < 1.29 is 5.11 Å². The Morgan fingerprint density at radius 2 is 1.80 bits per heavy atom. The number of aryl methyl sites for hydroxylation is 1. The molecule has 1 aliphatic carbocycles. The van der Waals surface area contributed by atoms with Crippen molar-refractivity contribution in [3.05, 3.63) is 35.4 Å². The number of rotatable bonds is 4. The molecule has 0 radical (unpaired) electrons. The molecule has 1 aromatic carbocycles. The summed E-state index contributed by atoms with van der Waals surface area (Å²) in [6.45, 7) is 3.09. The van der Waals surface area contributed by atoms with E-state index in [0.29, 0.717) is 6.04 Å². The summed E-state index contributed by atoms with van der Waals surface area (Å²) in [5.41, 5.74) is 2.71. The summed E-state index contributed by atoms with van der Waals surface area (Å²) in [6.07, 6.45) is 2.85. The van der Waals surface area contributed by atoms with Gasteiger partial charge in [-0.1, -0.05) is 31.2 Å². The van der Waals surface area contributed by atoms with Crippen molar-refractivity contribution in [3.8, 4) is 0 Å². The highest BCUT2D eigenvalue weighted by atomic mass is 16.3. The van der Waals surface area contributed by atoms with E-state index in [-0.39, 0.29) is 6.10 Å². The highest BCUT2D eigenvalue weighted by molar-refractivity contribution is 5.22. The second kappa shape index (κ2) is 4.77. The van der Waals surface area contributed by atoms with Crippen LogP contribution in [0.2, 0.25) is 0 Å². The third-order valence-corrected chi connectivity index (χ3v) is 3.14.